The number of hydrogen-bond acceptors (Lipinski definition) is 6. The van der Waals surface area contributed by atoms with Crippen molar-refractivity contribution in [3.63, 3.8) is 0 Å². The normalized spacial score (nSPS) is 31.3. The number of imide groups is 2. The van der Waals surface area contributed by atoms with Crippen molar-refractivity contribution >= 4 is 41.0 Å². The average Bonchev–Trinajstić information content (AvgIpc) is 3.33. The molecule has 0 N–H and O–H groups in total. The van der Waals surface area contributed by atoms with Crippen LogP contribution in [-0.2, 0) is 28.7 Å². The number of benzene rings is 2. The third-order valence-electron chi connectivity index (χ3n) is 8.79. The van der Waals surface area contributed by atoms with Gasteiger partial charge in [-0.3, -0.25) is 33.8 Å². The van der Waals surface area contributed by atoms with Gasteiger partial charge in [0.2, 0.25) is 23.6 Å². The number of carbonyl (C=O) groups excluding carboxylic acids is 5. The molecule has 3 aliphatic carbocycles. The zero-order chi connectivity index (χ0) is 28.0. The Hall–Kier alpha value is -4.21. The highest BCUT2D eigenvalue weighted by atomic mass is 19.1. The molecule has 2 bridgehead atoms. The Bertz CT molecular complexity index is 1410. The smallest absolute Gasteiger partial charge is 0.310 e. The number of allylic oxidation sites excluding steroid dienone is 2. The molecule has 3 fully saturated rings. The molecular formula is C29H24F2N2O6. The molecule has 39 heavy (non-hydrogen) atoms. The van der Waals surface area contributed by atoms with E-state index in [0.29, 0.717) is 5.57 Å². The van der Waals surface area contributed by atoms with E-state index in [1.54, 1.807) is 20.8 Å². The molecule has 8 nitrogen and oxygen atoms in total. The molecule has 10 heteroatoms. The molecule has 2 aliphatic heterocycles. The van der Waals surface area contributed by atoms with Crippen molar-refractivity contribution < 1.29 is 37.5 Å². The number of carbonyl (C=O) groups is 5. The van der Waals surface area contributed by atoms with E-state index >= 15 is 0 Å². The molecule has 0 radical (unpaired) electrons. The SMILES string of the molecule is CCC(=O)OC1=C(C)C2[C@H]3C(=O)N(c4ccc(F)cc4)C(=O)[C@H]3C1(C)[C@@H]1C(=O)N(c3ccc(F)cc3)C(=O)[C@@H]21. The molecule has 5 aliphatic rings. The van der Waals surface area contributed by atoms with E-state index < -0.39 is 76.2 Å². The van der Waals surface area contributed by atoms with Crippen LogP contribution in [0.25, 0.3) is 0 Å². The van der Waals surface area contributed by atoms with Gasteiger partial charge in [-0.05, 0) is 61.0 Å². The first kappa shape index (κ1) is 25.1. The quantitative estimate of drug-likeness (QED) is 0.438. The summed E-state index contributed by atoms with van der Waals surface area (Å²) >= 11 is 0. The van der Waals surface area contributed by atoms with Crippen molar-refractivity contribution in [3.8, 4) is 0 Å². The summed E-state index contributed by atoms with van der Waals surface area (Å²) in [6.07, 6.45) is 0.0306. The minimum absolute atomic E-state index is 0.0306. The molecular weight excluding hydrogens is 510 g/mol. The van der Waals surface area contributed by atoms with Crippen LogP contribution in [0.1, 0.15) is 27.2 Å². The van der Waals surface area contributed by atoms with E-state index in [-0.39, 0.29) is 23.6 Å². The molecule has 1 saturated carbocycles. The van der Waals surface area contributed by atoms with Gasteiger partial charge in [0, 0.05) is 12.3 Å². The third kappa shape index (κ3) is 3.17. The van der Waals surface area contributed by atoms with E-state index in [2.05, 4.69) is 0 Å². The molecule has 2 saturated heterocycles. The van der Waals surface area contributed by atoms with Crippen LogP contribution in [-0.4, -0.2) is 29.6 Å². The highest BCUT2D eigenvalue weighted by molar-refractivity contribution is 6.27. The maximum Gasteiger partial charge on any atom is 0.310 e. The first-order valence-electron chi connectivity index (χ1n) is 12.7. The highest BCUT2D eigenvalue weighted by Crippen LogP contribution is 2.68. The Kier molecular flexibility index (Phi) is 5.40. The molecule has 4 amide bonds. The lowest BCUT2D eigenvalue weighted by molar-refractivity contribution is -0.160. The zero-order valence-electron chi connectivity index (χ0n) is 21.3. The second kappa shape index (κ2) is 8.39. The molecule has 2 heterocycles. The Morgan fingerprint density at radius 2 is 1.18 bits per heavy atom. The summed E-state index contributed by atoms with van der Waals surface area (Å²) in [4.78, 5) is 70.2. The number of ether oxygens (including phenoxy) is 1. The second-order valence-electron chi connectivity index (χ2n) is 10.6. The summed E-state index contributed by atoms with van der Waals surface area (Å²) in [6, 6.07) is 9.81. The summed E-state index contributed by atoms with van der Waals surface area (Å²) in [5, 5.41) is 0. The fraction of sp³-hybridized carbons (Fsp3) is 0.345. The number of rotatable bonds is 4. The van der Waals surface area contributed by atoms with Crippen LogP contribution < -0.4 is 9.80 Å². The summed E-state index contributed by atoms with van der Waals surface area (Å²) in [5.74, 6) is -8.97. The Labute approximate surface area is 222 Å². The number of halogens is 2. The van der Waals surface area contributed by atoms with Crippen LogP contribution in [0.15, 0.2) is 59.9 Å². The number of amides is 4. The fourth-order valence-electron chi connectivity index (χ4n) is 7.25. The first-order chi connectivity index (χ1) is 18.5. The topological polar surface area (TPSA) is 101 Å². The predicted molar refractivity (Wildman–Crippen MR) is 132 cm³/mol. The van der Waals surface area contributed by atoms with Gasteiger partial charge >= 0.3 is 5.97 Å². The van der Waals surface area contributed by atoms with Gasteiger partial charge in [0.25, 0.3) is 0 Å². The average molecular weight is 535 g/mol. The summed E-state index contributed by atoms with van der Waals surface area (Å²) in [6.45, 7) is 4.86. The van der Waals surface area contributed by atoms with Crippen LogP contribution in [0.3, 0.4) is 0 Å². The zero-order valence-corrected chi connectivity index (χ0v) is 21.3. The van der Waals surface area contributed by atoms with Gasteiger partial charge in [-0.1, -0.05) is 13.8 Å². The first-order valence-corrected chi connectivity index (χ1v) is 12.7. The standard InChI is InChI=1S/C29H24F2N2O6/c1-4-18(34)39-24-13(2)19-20-22(27(37)32(25(20)35)16-9-5-14(30)6-10-16)29(24,3)23-21(19)26(36)33(28(23)38)17-11-7-15(31)8-12-17/h5-12,19-23H,4H2,1-3H3/t19?,20-,21+,22-,23-,29?/m0/s1. The van der Waals surface area contributed by atoms with Gasteiger partial charge in [0.05, 0.1) is 40.5 Å². The number of hydrogen-bond donors (Lipinski definition) is 0. The molecule has 200 valence electrons. The molecule has 6 atom stereocenters. The lowest BCUT2D eigenvalue weighted by atomic mass is 9.45. The largest absolute Gasteiger partial charge is 0.430 e. The van der Waals surface area contributed by atoms with Crippen LogP contribution in [0.5, 0.6) is 0 Å². The Morgan fingerprint density at radius 1 is 0.769 bits per heavy atom. The van der Waals surface area contributed by atoms with Gasteiger partial charge in [-0.25, -0.2) is 8.78 Å². The van der Waals surface area contributed by atoms with E-state index in [1.165, 1.54) is 24.3 Å². The van der Waals surface area contributed by atoms with E-state index in [0.717, 1.165) is 34.1 Å². The number of nitrogens with zero attached hydrogens (tertiary/aromatic N) is 2. The van der Waals surface area contributed by atoms with Crippen molar-refractivity contribution in [3.05, 3.63) is 71.5 Å². The maximum atomic E-state index is 14.0. The summed E-state index contributed by atoms with van der Waals surface area (Å²) in [5.41, 5.74) is -0.707. The van der Waals surface area contributed by atoms with Crippen molar-refractivity contribution in [2.75, 3.05) is 9.80 Å². The maximum absolute atomic E-state index is 14.0. The predicted octanol–water partition coefficient (Wildman–Crippen LogP) is 3.75. The molecule has 2 unspecified atom stereocenters. The van der Waals surface area contributed by atoms with Crippen molar-refractivity contribution in [2.45, 2.75) is 27.2 Å². The summed E-state index contributed by atoms with van der Waals surface area (Å²) in [7, 11) is 0. The van der Waals surface area contributed by atoms with Gasteiger partial charge in [0.15, 0.2) is 0 Å². The van der Waals surface area contributed by atoms with Gasteiger partial charge in [0.1, 0.15) is 17.4 Å². The van der Waals surface area contributed by atoms with Crippen LogP contribution in [0.4, 0.5) is 20.2 Å². The second-order valence-corrected chi connectivity index (χ2v) is 10.6. The number of esters is 1. The fourth-order valence-corrected chi connectivity index (χ4v) is 7.25. The van der Waals surface area contributed by atoms with Gasteiger partial charge in [-0.2, -0.15) is 0 Å². The molecule has 0 spiro atoms. The lowest BCUT2D eigenvalue weighted by Crippen LogP contribution is -2.60. The lowest BCUT2D eigenvalue weighted by Gasteiger charge is -2.55. The molecule has 7 rings (SSSR count). The molecule has 2 aromatic carbocycles. The minimum atomic E-state index is -1.51. The minimum Gasteiger partial charge on any atom is -0.430 e. The van der Waals surface area contributed by atoms with Crippen LogP contribution in [0, 0.1) is 46.6 Å². The van der Waals surface area contributed by atoms with Crippen molar-refractivity contribution in [2.24, 2.45) is 35.0 Å². The monoisotopic (exact) mass is 534 g/mol. The highest BCUT2D eigenvalue weighted by Gasteiger charge is 2.77. The third-order valence-corrected chi connectivity index (χ3v) is 8.79. The summed E-state index contributed by atoms with van der Waals surface area (Å²) < 4.78 is 33.0. The van der Waals surface area contributed by atoms with E-state index in [9.17, 15) is 32.8 Å². The van der Waals surface area contributed by atoms with E-state index in [4.69, 9.17) is 4.74 Å². The van der Waals surface area contributed by atoms with Gasteiger partial charge < -0.3 is 4.74 Å². The van der Waals surface area contributed by atoms with Crippen LogP contribution in [0.2, 0.25) is 0 Å². The van der Waals surface area contributed by atoms with Crippen molar-refractivity contribution in [1.29, 1.82) is 0 Å². The van der Waals surface area contributed by atoms with Gasteiger partial charge in [-0.15, -0.1) is 0 Å². The molecule has 0 aromatic heterocycles. The number of anilines is 2. The van der Waals surface area contributed by atoms with E-state index in [1.807, 2.05) is 0 Å². The Morgan fingerprint density at radius 3 is 1.56 bits per heavy atom. The van der Waals surface area contributed by atoms with Crippen molar-refractivity contribution in [1.82, 2.24) is 0 Å². The molecule has 2 aromatic rings. The van der Waals surface area contributed by atoms with Crippen LogP contribution >= 0.6 is 0 Å². The Balaban J connectivity index is 1.53.